The average Bonchev–Trinajstić information content (AvgIpc) is 2.67. The predicted molar refractivity (Wildman–Crippen MR) is 40.5 cm³/mol. The van der Waals surface area contributed by atoms with Gasteiger partial charge in [0, 0.05) is 7.05 Å². The highest BCUT2D eigenvalue weighted by molar-refractivity contribution is 5.68. The first-order valence-corrected chi connectivity index (χ1v) is 3.51. The average molecular weight is 170 g/mol. The van der Waals surface area contributed by atoms with Crippen LogP contribution in [-0.4, -0.2) is 36.2 Å². The zero-order valence-corrected chi connectivity index (χ0v) is 6.77. The minimum atomic E-state index is -0.208. The summed E-state index contributed by atoms with van der Waals surface area (Å²) in [5, 5.41) is 0. The Morgan fingerprint density at radius 1 is 1.67 bits per heavy atom. The zero-order chi connectivity index (χ0) is 8.81. The van der Waals surface area contributed by atoms with E-state index in [4.69, 9.17) is 0 Å². The highest BCUT2D eigenvalue weighted by Crippen LogP contribution is 1.96. The topological polar surface area (TPSA) is 55.6 Å². The lowest BCUT2D eigenvalue weighted by Crippen LogP contribution is -2.17. The van der Waals surface area contributed by atoms with Crippen molar-refractivity contribution in [1.29, 1.82) is 0 Å². The molecule has 0 aromatic carbocycles. The van der Waals surface area contributed by atoms with Gasteiger partial charge in [0.05, 0.1) is 12.7 Å². The van der Waals surface area contributed by atoms with Gasteiger partial charge < -0.3 is 14.1 Å². The third kappa shape index (κ3) is 2.61. The second kappa shape index (κ2) is 4.38. The number of cyclic esters (lactones) is 1. The molecule has 0 bridgehead atoms. The lowest BCUT2D eigenvalue weighted by atomic mass is 10.7. The zero-order valence-electron chi connectivity index (χ0n) is 6.77. The van der Waals surface area contributed by atoms with Crippen LogP contribution in [0.3, 0.4) is 0 Å². The largest absolute Gasteiger partial charge is 0.452 e. The molecule has 0 unspecified atom stereocenters. The Morgan fingerprint density at radius 2 is 2.50 bits per heavy atom. The van der Waals surface area contributed by atoms with Crippen LogP contribution in [0, 0.1) is 0 Å². The van der Waals surface area contributed by atoms with Crippen molar-refractivity contribution in [2.24, 2.45) is 0 Å². The quantitative estimate of drug-likeness (QED) is 0.576. The number of aromatic nitrogens is 1. The van der Waals surface area contributed by atoms with E-state index in [-0.39, 0.29) is 6.09 Å². The summed E-state index contributed by atoms with van der Waals surface area (Å²) in [6, 6.07) is 0. The van der Waals surface area contributed by atoms with E-state index in [1.165, 1.54) is 12.7 Å². The molecule has 12 heavy (non-hydrogen) atoms. The molecular weight excluding hydrogens is 160 g/mol. The Kier molecular flexibility index (Phi) is 3.13. The maximum absolute atomic E-state index is 10.3. The van der Waals surface area contributed by atoms with E-state index in [1.807, 2.05) is 0 Å². The molecule has 1 aromatic heterocycles. The molecule has 0 atom stereocenters. The summed E-state index contributed by atoms with van der Waals surface area (Å²) >= 11 is 0. The Bertz CT molecular complexity index is 205. The molecule has 1 amide bonds. The Hall–Kier alpha value is -1.52. The first kappa shape index (κ1) is 8.58. The number of hydrogen-bond donors (Lipinski definition) is 0. The number of ether oxygens (including phenoxy) is 1. The summed E-state index contributed by atoms with van der Waals surface area (Å²) in [6.45, 7) is 1.29. The van der Waals surface area contributed by atoms with Gasteiger partial charge in [-0.15, -0.1) is 0 Å². The van der Waals surface area contributed by atoms with E-state index in [0.717, 1.165) is 6.54 Å². The lowest BCUT2D eigenvalue weighted by Gasteiger charge is -1.98. The van der Waals surface area contributed by atoms with E-state index < -0.39 is 0 Å². The van der Waals surface area contributed by atoms with E-state index >= 15 is 0 Å². The monoisotopic (exact) mass is 170 g/mol. The van der Waals surface area contributed by atoms with Crippen molar-refractivity contribution in [2.75, 3.05) is 20.2 Å². The highest BCUT2D eigenvalue weighted by atomic mass is 16.6. The standard InChI is InChI=1S/C4H7NO2.C3H3NO/c1-5-2-3-7-4(5)6;1-2-5-3-4-1/h2-3H2,1H3;1-3H. The molecule has 1 aliphatic heterocycles. The molecule has 5 heteroatoms. The molecule has 0 N–H and O–H groups in total. The first-order chi connectivity index (χ1) is 5.80. The number of oxazole rings is 1. The summed E-state index contributed by atoms with van der Waals surface area (Å²) in [7, 11) is 1.72. The fraction of sp³-hybridized carbons (Fsp3) is 0.429. The van der Waals surface area contributed by atoms with Crippen LogP contribution in [0.15, 0.2) is 23.3 Å². The number of carbonyl (C=O) groups excluding carboxylic acids is 1. The van der Waals surface area contributed by atoms with Crippen molar-refractivity contribution < 1.29 is 13.9 Å². The molecule has 1 aromatic rings. The van der Waals surface area contributed by atoms with Crippen LogP contribution in [-0.2, 0) is 4.74 Å². The van der Waals surface area contributed by atoms with Crippen molar-refractivity contribution in [3.05, 3.63) is 18.9 Å². The summed E-state index contributed by atoms with van der Waals surface area (Å²) < 4.78 is 9.02. The Labute approximate surface area is 69.9 Å². The van der Waals surface area contributed by atoms with Crippen LogP contribution < -0.4 is 0 Å². The highest BCUT2D eigenvalue weighted by Gasteiger charge is 2.15. The molecule has 0 saturated carbocycles. The minimum Gasteiger partial charge on any atom is -0.452 e. The number of nitrogens with zero attached hydrogens (tertiary/aromatic N) is 2. The molecule has 1 saturated heterocycles. The van der Waals surface area contributed by atoms with E-state index in [9.17, 15) is 4.79 Å². The fourth-order valence-corrected chi connectivity index (χ4v) is 0.647. The van der Waals surface area contributed by atoms with Gasteiger partial charge in [-0.05, 0) is 0 Å². The fourth-order valence-electron chi connectivity index (χ4n) is 0.647. The molecule has 1 aliphatic rings. The van der Waals surface area contributed by atoms with Gasteiger partial charge in [0.1, 0.15) is 12.9 Å². The van der Waals surface area contributed by atoms with Gasteiger partial charge in [0.2, 0.25) is 0 Å². The van der Waals surface area contributed by atoms with Gasteiger partial charge >= 0.3 is 6.09 Å². The van der Waals surface area contributed by atoms with Crippen molar-refractivity contribution >= 4 is 6.09 Å². The third-order valence-corrected chi connectivity index (χ3v) is 1.31. The van der Waals surface area contributed by atoms with Crippen molar-refractivity contribution in [3.63, 3.8) is 0 Å². The van der Waals surface area contributed by atoms with Gasteiger partial charge in [0.15, 0.2) is 6.39 Å². The molecule has 0 spiro atoms. The Morgan fingerprint density at radius 3 is 2.67 bits per heavy atom. The summed E-state index contributed by atoms with van der Waals surface area (Å²) in [4.78, 5) is 15.4. The van der Waals surface area contributed by atoms with Gasteiger partial charge in [0.25, 0.3) is 0 Å². The van der Waals surface area contributed by atoms with Gasteiger partial charge in [-0.3, -0.25) is 0 Å². The third-order valence-electron chi connectivity index (χ3n) is 1.31. The number of hydrogen-bond acceptors (Lipinski definition) is 4. The molecule has 1 fully saturated rings. The van der Waals surface area contributed by atoms with Crippen LogP contribution >= 0.6 is 0 Å². The molecule has 2 rings (SSSR count). The maximum atomic E-state index is 10.3. The molecular formula is C7H10N2O3. The maximum Gasteiger partial charge on any atom is 0.409 e. The number of likely N-dealkylation sites (N-methyl/N-ethyl adjacent to an activating group) is 1. The summed E-state index contributed by atoms with van der Waals surface area (Å²) in [6.07, 6.45) is 4.26. The predicted octanol–water partition coefficient (Wildman–Crippen LogP) is 0.743. The molecule has 2 heterocycles. The van der Waals surface area contributed by atoms with Gasteiger partial charge in [-0.1, -0.05) is 0 Å². The van der Waals surface area contributed by atoms with Crippen LogP contribution in [0.4, 0.5) is 4.79 Å². The lowest BCUT2D eigenvalue weighted by molar-refractivity contribution is 0.163. The summed E-state index contributed by atoms with van der Waals surface area (Å²) in [5.41, 5.74) is 0. The van der Waals surface area contributed by atoms with Crippen LogP contribution in [0.25, 0.3) is 0 Å². The Balaban J connectivity index is 0.000000127. The second-order valence-corrected chi connectivity index (χ2v) is 2.21. The van der Waals surface area contributed by atoms with Crippen molar-refractivity contribution in [2.45, 2.75) is 0 Å². The normalized spacial score (nSPS) is 15.1. The van der Waals surface area contributed by atoms with E-state index in [2.05, 4.69) is 14.1 Å². The van der Waals surface area contributed by atoms with Gasteiger partial charge in [-0.2, -0.15) is 0 Å². The smallest absolute Gasteiger partial charge is 0.409 e. The van der Waals surface area contributed by atoms with Crippen LogP contribution in [0.1, 0.15) is 0 Å². The number of amides is 1. The second-order valence-electron chi connectivity index (χ2n) is 2.21. The SMILES string of the molecule is CN1CCOC1=O.c1cocn1. The summed E-state index contributed by atoms with van der Waals surface area (Å²) in [5.74, 6) is 0. The van der Waals surface area contributed by atoms with Crippen LogP contribution in [0.5, 0.6) is 0 Å². The number of carbonyl (C=O) groups is 1. The first-order valence-electron chi connectivity index (χ1n) is 3.51. The number of rotatable bonds is 0. The molecule has 0 radical (unpaired) electrons. The molecule has 0 aliphatic carbocycles. The van der Waals surface area contributed by atoms with Crippen molar-refractivity contribution in [3.8, 4) is 0 Å². The van der Waals surface area contributed by atoms with E-state index in [1.54, 1.807) is 18.1 Å². The molecule has 5 nitrogen and oxygen atoms in total. The van der Waals surface area contributed by atoms with Crippen LogP contribution in [0.2, 0.25) is 0 Å². The van der Waals surface area contributed by atoms with Crippen molar-refractivity contribution in [1.82, 2.24) is 9.88 Å². The van der Waals surface area contributed by atoms with Gasteiger partial charge in [-0.25, -0.2) is 9.78 Å². The molecule has 66 valence electrons. The van der Waals surface area contributed by atoms with E-state index in [0.29, 0.717) is 6.61 Å². The minimum absolute atomic E-state index is 0.208.